The fourth-order valence-corrected chi connectivity index (χ4v) is 2.57. The Morgan fingerprint density at radius 1 is 1.10 bits per heavy atom. The number of aryl methyl sites for hydroxylation is 1. The summed E-state index contributed by atoms with van der Waals surface area (Å²) in [4.78, 5) is 36.3. The number of nitrogens with one attached hydrogen (secondary N) is 2. The van der Waals surface area contributed by atoms with E-state index in [0.717, 1.165) is 18.4 Å². The van der Waals surface area contributed by atoms with Crippen LogP contribution in [0.15, 0.2) is 42.1 Å². The van der Waals surface area contributed by atoms with E-state index in [9.17, 15) is 14.4 Å². The van der Waals surface area contributed by atoms with Crippen LogP contribution in [0.5, 0.6) is 0 Å². The number of amides is 2. The van der Waals surface area contributed by atoms with Gasteiger partial charge in [0.2, 0.25) is 5.91 Å². The summed E-state index contributed by atoms with van der Waals surface area (Å²) in [6.45, 7) is 8.83. The minimum absolute atomic E-state index is 0.138. The highest BCUT2D eigenvalue weighted by Crippen LogP contribution is 2.10. The van der Waals surface area contributed by atoms with Crippen LogP contribution in [0.1, 0.15) is 65.9 Å². The molecule has 0 aliphatic heterocycles. The summed E-state index contributed by atoms with van der Waals surface area (Å²) in [7, 11) is 0. The van der Waals surface area contributed by atoms with Crippen molar-refractivity contribution in [1.82, 2.24) is 10.6 Å². The van der Waals surface area contributed by atoms with Crippen molar-refractivity contribution in [1.29, 1.82) is 0 Å². The molecule has 0 aliphatic carbocycles. The number of carbonyl (C=O) groups is 3. The van der Waals surface area contributed by atoms with E-state index >= 15 is 0 Å². The molecule has 1 aromatic carbocycles. The highest BCUT2D eigenvalue weighted by molar-refractivity contribution is 5.86. The predicted molar refractivity (Wildman–Crippen MR) is 114 cm³/mol. The number of Topliss-reactive ketones (excluding diaryl/α,β-unsaturated/α-hetero) is 1. The van der Waals surface area contributed by atoms with Crippen molar-refractivity contribution in [3.05, 3.63) is 47.7 Å². The minimum atomic E-state index is -0.767. The quantitative estimate of drug-likeness (QED) is 0.611. The highest BCUT2D eigenvalue weighted by atomic mass is 16.6. The zero-order chi connectivity index (χ0) is 21.9. The van der Waals surface area contributed by atoms with Crippen molar-refractivity contribution in [2.45, 2.75) is 78.4 Å². The molecule has 0 radical (unpaired) electrons. The van der Waals surface area contributed by atoms with Crippen LogP contribution in [0.3, 0.4) is 0 Å². The zero-order valence-electron chi connectivity index (χ0n) is 18.2. The van der Waals surface area contributed by atoms with Gasteiger partial charge in [0.15, 0.2) is 0 Å². The van der Waals surface area contributed by atoms with Gasteiger partial charge in [-0.1, -0.05) is 43.3 Å². The molecular formula is C23H34N2O4. The van der Waals surface area contributed by atoms with Crippen LogP contribution in [0, 0.1) is 0 Å². The van der Waals surface area contributed by atoms with Crippen molar-refractivity contribution < 1.29 is 19.1 Å². The monoisotopic (exact) mass is 402 g/mol. The Bertz CT molecular complexity index is 705. The van der Waals surface area contributed by atoms with Crippen molar-refractivity contribution in [2.75, 3.05) is 0 Å². The summed E-state index contributed by atoms with van der Waals surface area (Å²) < 4.78 is 5.19. The van der Waals surface area contributed by atoms with Crippen molar-refractivity contribution in [3.63, 3.8) is 0 Å². The third kappa shape index (κ3) is 11.1. The fraction of sp³-hybridized carbons (Fsp3) is 0.522. The van der Waals surface area contributed by atoms with Crippen molar-refractivity contribution in [2.24, 2.45) is 0 Å². The van der Waals surface area contributed by atoms with Gasteiger partial charge in [0.25, 0.3) is 0 Å². The summed E-state index contributed by atoms with van der Waals surface area (Å²) in [5.41, 5.74) is 1.19. The molecule has 0 aliphatic rings. The van der Waals surface area contributed by atoms with Gasteiger partial charge in [-0.05, 0) is 52.5 Å². The van der Waals surface area contributed by atoms with E-state index in [1.165, 1.54) is 0 Å². The van der Waals surface area contributed by atoms with Gasteiger partial charge in [-0.2, -0.15) is 0 Å². The SMILES string of the molecule is CCCC(=O)C/C=C(\CCc1ccccc1)NC(=O)C(C)NC(=O)OC(C)(C)C. The number of allylic oxidation sites excluding steroid dienone is 2. The standard InChI is InChI=1S/C23H34N2O4/c1-6-10-20(26)16-15-19(14-13-18-11-8-7-9-12-18)25-21(27)17(2)24-22(28)29-23(3,4)5/h7-9,11-12,15,17H,6,10,13-14,16H2,1-5H3,(H,24,28)(H,25,27)/b19-15+. The molecular weight excluding hydrogens is 368 g/mol. The first-order valence-electron chi connectivity index (χ1n) is 10.2. The molecule has 0 saturated heterocycles. The average Bonchev–Trinajstić information content (AvgIpc) is 2.63. The Morgan fingerprint density at radius 2 is 1.76 bits per heavy atom. The first-order chi connectivity index (χ1) is 13.6. The third-order valence-corrected chi connectivity index (χ3v) is 4.04. The lowest BCUT2D eigenvalue weighted by atomic mass is 10.1. The van der Waals surface area contributed by atoms with Gasteiger partial charge in [-0.25, -0.2) is 4.79 Å². The summed E-state index contributed by atoms with van der Waals surface area (Å²) in [6.07, 6.45) is 4.07. The maximum absolute atomic E-state index is 12.5. The largest absolute Gasteiger partial charge is 0.444 e. The summed E-state index contributed by atoms with van der Waals surface area (Å²) in [5.74, 6) is -0.211. The molecule has 0 saturated carbocycles. The van der Waals surface area contributed by atoms with Crippen molar-refractivity contribution in [3.8, 4) is 0 Å². The van der Waals surface area contributed by atoms with Crippen LogP contribution in [0.4, 0.5) is 4.79 Å². The summed E-state index contributed by atoms with van der Waals surface area (Å²) in [5, 5.41) is 5.39. The molecule has 0 fully saturated rings. The number of benzene rings is 1. The van der Waals surface area contributed by atoms with Gasteiger partial charge in [0, 0.05) is 18.5 Å². The molecule has 0 aromatic heterocycles. The Morgan fingerprint density at radius 3 is 2.34 bits per heavy atom. The van der Waals surface area contributed by atoms with Crippen LogP contribution < -0.4 is 10.6 Å². The number of hydrogen-bond donors (Lipinski definition) is 2. The van der Waals surface area contributed by atoms with Gasteiger partial charge in [-0.15, -0.1) is 0 Å². The molecule has 2 amide bonds. The number of hydrogen-bond acceptors (Lipinski definition) is 4. The second-order valence-corrected chi connectivity index (χ2v) is 8.06. The second kappa shape index (κ2) is 12.0. The van der Waals surface area contributed by atoms with Gasteiger partial charge < -0.3 is 15.4 Å². The lowest BCUT2D eigenvalue weighted by Crippen LogP contribution is -2.46. The number of alkyl carbamates (subject to hydrolysis) is 1. The molecule has 6 heteroatoms. The molecule has 29 heavy (non-hydrogen) atoms. The first kappa shape index (κ1) is 24.4. The van der Waals surface area contributed by atoms with Crippen LogP contribution in [-0.2, 0) is 20.7 Å². The Balaban J connectivity index is 2.72. The van der Waals surface area contributed by atoms with E-state index in [4.69, 9.17) is 4.74 Å². The van der Waals surface area contributed by atoms with E-state index in [-0.39, 0.29) is 18.1 Å². The molecule has 1 aromatic rings. The summed E-state index contributed by atoms with van der Waals surface area (Å²) in [6, 6.07) is 9.17. The highest BCUT2D eigenvalue weighted by Gasteiger charge is 2.21. The lowest BCUT2D eigenvalue weighted by molar-refractivity contribution is -0.122. The molecule has 2 N–H and O–H groups in total. The van der Waals surface area contributed by atoms with Crippen molar-refractivity contribution >= 4 is 17.8 Å². The first-order valence-corrected chi connectivity index (χ1v) is 10.2. The number of ketones is 1. The molecule has 0 spiro atoms. The van der Waals surface area contributed by atoms with Crippen LogP contribution in [-0.4, -0.2) is 29.4 Å². The van der Waals surface area contributed by atoms with E-state index in [2.05, 4.69) is 10.6 Å². The predicted octanol–water partition coefficient (Wildman–Crippen LogP) is 4.29. The smallest absolute Gasteiger partial charge is 0.408 e. The average molecular weight is 403 g/mol. The third-order valence-electron chi connectivity index (χ3n) is 4.04. The number of rotatable bonds is 10. The number of ether oxygens (including phenoxy) is 1. The van der Waals surface area contributed by atoms with Gasteiger partial charge in [0.05, 0.1) is 0 Å². The number of carbonyl (C=O) groups excluding carboxylic acids is 3. The van der Waals surface area contributed by atoms with Gasteiger partial charge in [-0.3, -0.25) is 9.59 Å². The van der Waals surface area contributed by atoms with E-state index in [0.29, 0.717) is 18.5 Å². The normalized spacial score (nSPS) is 12.8. The van der Waals surface area contributed by atoms with Gasteiger partial charge >= 0.3 is 6.09 Å². The van der Waals surface area contributed by atoms with E-state index in [1.54, 1.807) is 33.8 Å². The van der Waals surface area contributed by atoms with Crippen LogP contribution >= 0.6 is 0 Å². The fourth-order valence-electron chi connectivity index (χ4n) is 2.57. The topological polar surface area (TPSA) is 84.5 Å². The zero-order valence-corrected chi connectivity index (χ0v) is 18.2. The Labute approximate surface area is 174 Å². The van der Waals surface area contributed by atoms with E-state index in [1.807, 2.05) is 37.3 Å². The molecule has 1 unspecified atom stereocenters. The van der Waals surface area contributed by atoms with Gasteiger partial charge in [0.1, 0.15) is 17.4 Å². The molecule has 1 atom stereocenters. The summed E-state index contributed by atoms with van der Waals surface area (Å²) >= 11 is 0. The second-order valence-electron chi connectivity index (χ2n) is 8.06. The van der Waals surface area contributed by atoms with Crippen LogP contribution in [0.2, 0.25) is 0 Å². The van der Waals surface area contributed by atoms with Crippen LogP contribution in [0.25, 0.3) is 0 Å². The molecule has 1 rings (SSSR count). The molecule has 0 bridgehead atoms. The Kier molecular flexibility index (Phi) is 10.1. The lowest BCUT2D eigenvalue weighted by Gasteiger charge is -2.22. The minimum Gasteiger partial charge on any atom is -0.444 e. The molecule has 0 heterocycles. The molecule has 160 valence electrons. The Hall–Kier alpha value is -2.63. The molecule has 6 nitrogen and oxygen atoms in total. The van der Waals surface area contributed by atoms with E-state index < -0.39 is 17.7 Å². The maximum Gasteiger partial charge on any atom is 0.408 e. The maximum atomic E-state index is 12.5.